The Morgan fingerprint density at radius 1 is 1.31 bits per heavy atom. The molecular weight excluding hydrogens is 166 g/mol. The molecule has 0 aliphatic heterocycles. The van der Waals surface area contributed by atoms with Crippen molar-refractivity contribution in [3.63, 3.8) is 0 Å². The third-order valence-corrected chi connectivity index (χ3v) is 1.65. The lowest BCUT2D eigenvalue weighted by atomic mass is 10.5. The van der Waals surface area contributed by atoms with E-state index >= 15 is 0 Å². The van der Waals surface area contributed by atoms with E-state index in [4.69, 9.17) is 5.73 Å². The molecule has 0 bridgehead atoms. The van der Waals surface area contributed by atoms with Gasteiger partial charge in [0.05, 0.1) is 5.69 Å². The van der Waals surface area contributed by atoms with Gasteiger partial charge >= 0.3 is 0 Å². The molecule has 2 heterocycles. The van der Waals surface area contributed by atoms with Crippen LogP contribution in [0.2, 0.25) is 0 Å². The second-order valence-corrected chi connectivity index (χ2v) is 2.72. The lowest BCUT2D eigenvalue weighted by Crippen LogP contribution is -1.98. The van der Waals surface area contributed by atoms with Crippen molar-refractivity contribution in [3.05, 3.63) is 30.6 Å². The molecule has 2 rings (SSSR count). The molecule has 0 aliphatic rings. The Kier molecular flexibility index (Phi) is 1.70. The second-order valence-electron chi connectivity index (χ2n) is 2.72. The van der Waals surface area contributed by atoms with Crippen molar-refractivity contribution in [2.45, 2.75) is 6.92 Å². The van der Waals surface area contributed by atoms with E-state index < -0.39 is 0 Å². The molecule has 0 atom stereocenters. The molecule has 0 amide bonds. The first-order chi connectivity index (χ1) is 6.25. The van der Waals surface area contributed by atoms with Gasteiger partial charge < -0.3 is 5.73 Å². The van der Waals surface area contributed by atoms with Gasteiger partial charge in [-0.25, -0.2) is 15.0 Å². The SMILES string of the molecule is Cc1cn(-c2cc(N)ncn2)cn1. The summed E-state index contributed by atoms with van der Waals surface area (Å²) in [5.41, 5.74) is 6.46. The zero-order chi connectivity index (χ0) is 9.26. The molecule has 0 fully saturated rings. The van der Waals surface area contributed by atoms with E-state index in [9.17, 15) is 0 Å². The Hall–Kier alpha value is -1.91. The Labute approximate surface area is 75.3 Å². The molecule has 5 heteroatoms. The van der Waals surface area contributed by atoms with E-state index in [-0.39, 0.29) is 0 Å². The summed E-state index contributed by atoms with van der Waals surface area (Å²) >= 11 is 0. The molecule has 0 aromatic carbocycles. The molecule has 2 aromatic heterocycles. The summed E-state index contributed by atoms with van der Waals surface area (Å²) in [6, 6.07) is 1.70. The number of nitrogens with zero attached hydrogens (tertiary/aromatic N) is 4. The van der Waals surface area contributed by atoms with Gasteiger partial charge in [0.2, 0.25) is 0 Å². The van der Waals surface area contributed by atoms with E-state index in [0.29, 0.717) is 5.82 Å². The average Bonchev–Trinajstić information content (AvgIpc) is 2.52. The summed E-state index contributed by atoms with van der Waals surface area (Å²) in [4.78, 5) is 11.9. The van der Waals surface area contributed by atoms with Crippen molar-refractivity contribution in [1.29, 1.82) is 0 Å². The largest absolute Gasteiger partial charge is 0.384 e. The minimum absolute atomic E-state index is 0.455. The molecule has 0 aliphatic carbocycles. The fourth-order valence-corrected chi connectivity index (χ4v) is 1.05. The summed E-state index contributed by atoms with van der Waals surface area (Å²) in [5, 5.41) is 0. The maximum absolute atomic E-state index is 5.52. The molecule has 2 aromatic rings. The fraction of sp³-hybridized carbons (Fsp3) is 0.125. The molecule has 66 valence electrons. The number of aromatic nitrogens is 4. The molecule has 0 radical (unpaired) electrons. The summed E-state index contributed by atoms with van der Waals surface area (Å²) < 4.78 is 1.80. The molecule has 5 nitrogen and oxygen atoms in total. The van der Waals surface area contributed by atoms with Crippen LogP contribution in [0.25, 0.3) is 5.82 Å². The number of nitrogens with two attached hydrogens (primary N) is 1. The van der Waals surface area contributed by atoms with Gasteiger partial charge in [0.1, 0.15) is 24.3 Å². The van der Waals surface area contributed by atoms with Gasteiger partial charge in [-0.2, -0.15) is 0 Å². The fourth-order valence-electron chi connectivity index (χ4n) is 1.05. The van der Waals surface area contributed by atoms with Crippen LogP contribution in [0.15, 0.2) is 24.9 Å². The zero-order valence-corrected chi connectivity index (χ0v) is 7.18. The predicted octanol–water partition coefficient (Wildman–Crippen LogP) is 0.553. The third-order valence-electron chi connectivity index (χ3n) is 1.65. The summed E-state index contributed by atoms with van der Waals surface area (Å²) in [6.45, 7) is 1.92. The van der Waals surface area contributed by atoms with Crippen molar-refractivity contribution >= 4 is 5.82 Å². The van der Waals surface area contributed by atoms with E-state index in [0.717, 1.165) is 11.5 Å². The highest BCUT2D eigenvalue weighted by Gasteiger charge is 1.98. The molecule has 0 spiro atoms. The van der Waals surface area contributed by atoms with Gasteiger partial charge in [-0.05, 0) is 6.92 Å². The van der Waals surface area contributed by atoms with Crippen molar-refractivity contribution in [1.82, 2.24) is 19.5 Å². The van der Waals surface area contributed by atoms with E-state index in [1.54, 1.807) is 17.0 Å². The standard InChI is InChI=1S/C8H9N5/c1-6-3-13(5-12-6)8-2-7(9)10-4-11-8/h2-5H,1H3,(H2,9,10,11). The number of aryl methyl sites for hydroxylation is 1. The van der Waals surface area contributed by atoms with Crippen LogP contribution in [-0.4, -0.2) is 19.5 Å². The van der Waals surface area contributed by atoms with Crippen LogP contribution in [0.5, 0.6) is 0 Å². The van der Waals surface area contributed by atoms with Gasteiger partial charge in [0.15, 0.2) is 0 Å². The summed E-state index contributed by atoms with van der Waals surface area (Å²) in [5.74, 6) is 1.18. The second kappa shape index (κ2) is 2.85. The van der Waals surface area contributed by atoms with Gasteiger partial charge in [-0.1, -0.05) is 0 Å². The van der Waals surface area contributed by atoms with E-state index in [1.165, 1.54) is 6.33 Å². The number of imidazole rings is 1. The van der Waals surface area contributed by atoms with Gasteiger partial charge in [-0.15, -0.1) is 0 Å². The number of nitrogen functional groups attached to an aromatic ring is 1. The molecule has 13 heavy (non-hydrogen) atoms. The number of rotatable bonds is 1. The minimum atomic E-state index is 0.455. The molecule has 0 saturated heterocycles. The lowest BCUT2D eigenvalue weighted by molar-refractivity contribution is 0.973. The van der Waals surface area contributed by atoms with Crippen LogP contribution in [0, 0.1) is 6.92 Å². The van der Waals surface area contributed by atoms with E-state index in [1.807, 2.05) is 13.1 Å². The van der Waals surface area contributed by atoms with E-state index in [2.05, 4.69) is 15.0 Å². The molecule has 0 unspecified atom stereocenters. The Balaban J connectivity index is 2.46. The van der Waals surface area contributed by atoms with Gasteiger partial charge in [0.25, 0.3) is 0 Å². The van der Waals surface area contributed by atoms with Crippen LogP contribution in [0.3, 0.4) is 0 Å². The molecule has 0 saturated carbocycles. The first-order valence-corrected chi connectivity index (χ1v) is 3.84. The maximum Gasteiger partial charge on any atom is 0.143 e. The quantitative estimate of drug-likeness (QED) is 0.687. The highest BCUT2D eigenvalue weighted by atomic mass is 15.1. The van der Waals surface area contributed by atoms with Crippen molar-refractivity contribution in [2.75, 3.05) is 5.73 Å². The first-order valence-electron chi connectivity index (χ1n) is 3.84. The monoisotopic (exact) mass is 175 g/mol. The summed E-state index contributed by atoms with van der Waals surface area (Å²) in [7, 11) is 0. The van der Waals surface area contributed by atoms with Crippen LogP contribution >= 0.6 is 0 Å². The number of hydrogen-bond donors (Lipinski definition) is 1. The topological polar surface area (TPSA) is 69.6 Å². The zero-order valence-electron chi connectivity index (χ0n) is 7.18. The number of hydrogen-bond acceptors (Lipinski definition) is 4. The van der Waals surface area contributed by atoms with Crippen LogP contribution in [0.1, 0.15) is 5.69 Å². The third kappa shape index (κ3) is 1.48. The average molecular weight is 175 g/mol. The molecule has 2 N–H and O–H groups in total. The highest BCUT2D eigenvalue weighted by molar-refractivity contribution is 5.35. The highest BCUT2D eigenvalue weighted by Crippen LogP contribution is 2.06. The van der Waals surface area contributed by atoms with Crippen LogP contribution in [0.4, 0.5) is 5.82 Å². The van der Waals surface area contributed by atoms with Crippen LogP contribution < -0.4 is 5.73 Å². The van der Waals surface area contributed by atoms with Crippen molar-refractivity contribution in [3.8, 4) is 5.82 Å². The van der Waals surface area contributed by atoms with Crippen molar-refractivity contribution < 1.29 is 0 Å². The summed E-state index contributed by atoms with van der Waals surface area (Å²) in [6.07, 6.45) is 5.00. The predicted molar refractivity (Wildman–Crippen MR) is 48.3 cm³/mol. The normalized spacial score (nSPS) is 10.2. The Morgan fingerprint density at radius 3 is 2.77 bits per heavy atom. The Morgan fingerprint density at radius 2 is 2.15 bits per heavy atom. The first kappa shape index (κ1) is 7.72. The van der Waals surface area contributed by atoms with Gasteiger partial charge in [-0.3, -0.25) is 4.57 Å². The van der Waals surface area contributed by atoms with Crippen LogP contribution in [-0.2, 0) is 0 Å². The maximum atomic E-state index is 5.52. The number of anilines is 1. The smallest absolute Gasteiger partial charge is 0.143 e. The van der Waals surface area contributed by atoms with Gasteiger partial charge in [0, 0.05) is 12.3 Å². The molecular formula is C8H9N5. The van der Waals surface area contributed by atoms with Crippen molar-refractivity contribution in [2.24, 2.45) is 0 Å². The lowest BCUT2D eigenvalue weighted by Gasteiger charge is -1.99. The minimum Gasteiger partial charge on any atom is -0.384 e. The Bertz CT molecular complexity index is 420.